The summed E-state index contributed by atoms with van der Waals surface area (Å²) in [7, 11) is 0. The fourth-order valence-electron chi connectivity index (χ4n) is 3.18. The maximum absolute atomic E-state index is 12.9. The van der Waals surface area contributed by atoms with Crippen LogP contribution < -0.4 is 5.32 Å². The van der Waals surface area contributed by atoms with Crippen LogP contribution in [0.25, 0.3) is 0 Å². The second-order valence-electron chi connectivity index (χ2n) is 7.11. The Hall–Kier alpha value is -1.89. The normalized spacial score (nSPS) is 15.2. The zero-order valence-electron chi connectivity index (χ0n) is 15.6. The molecule has 0 aliphatic carbocycles. The first-order valence-electron chi connectivity index (χ1n) is 9.10. The van der Waals surface area contributed by atoms with Crippen molar-refractivity contribution in [3.8, 4) is 0 Å². The molecule has 1 aromatic heterocycles. The van der Waals surface area contributed by atoms with E-state index in [0.29, 0.717) is 40.2 Å². The van der Waals surface area contributed by atoms with Crippen molar-refractivity contribution in [2.75, 3.05) is 38.0 Å². The molecule has 0 radical (unpaired) electrons. The average Bonchev–Trinajstić information content (AvgIpc) is 3.18. The Labute approximate surface area is 168 Å². The first-order chi connectivity index (χ1) is 12.9. The van der Waals surface area contributed by atoms with Gasteiger partial charge in [0.05, 0.1) is 15.6 Å². The quantitative estimate of drug-likeness (QED) is 0.815. The van der Waals surface area contributed by atoms with Crippen LogP contribution in [0.2, 0.25) is 5.02 Å². The van der Waals surface area contributed by atoms with Crippen molar-refractivity contribution in [1.29, 1.82) is 0 Å². The van der Waals surface area contributed by atoms with Gasteiger partial charge < -0.3 is 10.2 Å². The van der Waals surface area contributed by atoms with Crippen molar-refractivity contribution in [1.82, 2.24) is 9.80 Å². The lowest BCUT2D eigenvalue weighted by molar-refractivity contribution is 0.0623. The van der Waals surface area contributed by atoms with Crippen LogP contribution >= 0.6 is 22.9 Å². The van der Waals surface area contributed by atoms with Gasteiger partial charge in [-0.3, -0.25) is 14.5 Å². The van der Waals surface area contributed by atoms with Crippen LogP contribution in [0.15, 0.2) is 35.7 Å². The summed E-state index contributed by atoms with van der Waals surface area (Å²) >= 11 is 7.58. The number of anilines is 1. The first-order valence-corrected chi connectivity index (χ1v) is 10.4. The molecule has 2 amide bonds. The Bertz CT molecular complexity index is 800. The van der Waals surface area contributed by atoms with Gasteiger partial charge in [0.25, 0.3) is 11.8 Å². The number of carbonyl (C=O) groups excluding carboxylic acids is 2. The lowest BCUT2D eigenvalue weighted by Gasteiger charge is -2.35. The minimum Gasteiger partial charge on any atom is -0.336 e. The summed E-state index contributed by atoms with van der Waals surface area (Å²) in [6, 6.07) is 8.61. The number of thiophene rings is 1. The highest BCUT2D eigenvalue weighted by molar-refractivity contribution is 7.12. The molecule has 0 spiro atoms. The number of rotatable bonds is 5. The maximum atomic E-state index is 12.9. The van der Waals surface area contributed by atoms with E-state index in [1.165, 1.54) is 11.3 Å². The monoisotopic (exact) mass is 405 g/mol. The number of hydrogen-bond acceptors (Lipinski definition) is 4. The van der Waals surface area contributed by atoms with E-state index in [9.17, 15) is 9.59 Å². The molecule has 7 heteroatoms. The molecular formula is C20H24ClN3O2S. The van der Waals surface area contributed by atoms with Gasteiger partial charge in [0.1, 0.15) is 0 Å². The minimum absolute atomic E-state index is 0.0255. The number of amides is 2. The minimum atomic E-state index is -0.223. The molecule has 5 nitrogen and oxygen atoms in total. The number of nitrogens with one attached hydrogen (secondary N) is 1. The highest BCUT2D eigenvalue weighted by Crippen LogP contribution is 2.25. The Morgan fingerprint density at radius 2 is 1.93 bits per heavy atom. The van der Waals surface area contributed by atoms with Crippen LogP contribution in [0, 0.1) is 5.92 Å². The Kier molecular flexibility index (Phi) is 6.52. The van der Waals surface area contributed by atoms with Gasteiger partial charge >= 0.3 is 0 Å². The summed E-state index contributed by atoms with van der Waals surface area (Å²) < 4.78 is 0. The number of carbonyl (C=O) groups is 2. The third-order valence-electron chi connectivity index (χ3n) is 4.49. The molecule has 1 N–H and O–H groups in total. The van der Waals surface area contributed by atoms with Crippen LogP contribution in [-0.4, -0.2) is 54.3 Å². The van der Waals surface area contributed by atoms with Crippen molar-refractivity contribution in [3.05, 3.63) is 51.2 Å². The van der Waals surface area contributed by atoms with Crippen molar-refractivity contribution in [2.45, 2.75) is 13.8 Å². The zero-order chi connectivity index (χ0) is 19.4. The SMILES string of the molecule is CC(C)CN1CCN(C(=O)c2ccc(Cl)c(NC(=O)c3cccs3)c2)CC1. The molecule has 0 saturated carbocycles. The number of benzene rings is 1. The summed E-state index contributed by atoms with van der Waals surface area (Å²) in [5, 5.41) is 5.06. The van der Waals surface area contributed by atoms with Gasteiger partial charge in [-0.05, 0) is 35.6 Å². The molecule has 3 rings (SSSR count). The van der Waals surface area contributed by atoms with Gasteiger partial charge in [-0.15, -0.1) is 11.3 Å². The number of nitrogens with zero attached hydrogens (tertiary/aromatic N) is 2. The number of halogens is 1. The van der Waals surface area contributed by atoms with Crippen LogP contribution in [-0.2, 0) is 0 Å². The molecule has 1 aliphatic heterocycles. The Morgan fingerprint density at radius 1 is 1.19 bits per heavy atom. The molecule has 2 heterocycles. The molecule has 2 aromatic rings. The zero-order valence-corrected chi connectivity index (χ0v) is 17.1. The molecular weight excluding hydrogens is 382 g/mol. The van der Waals surface area contributed by atoms with E-state index >= 15 is 0 Å². The summed E-state index contributed by atoms with van der Waals surface area (Å²) in [4.78, 5) is 30.0. The first kappa shape index (κ1) is 19.9. The van der Waals surface area contributed by atoms with Gasteiger partial charge in [0.15, 0.2) is 0 Å². The smallest absolute Gasteiger partial charge is 0.265 e. The molecule has 1 saturated heterocycles. The van der Waals surface area contributed by atoms with E-state index < -0.39 is 0 Å². The van der Waals surface area contributed by atoms with Crippen LogP contribution in [0.1, 0.15) is 33.9 Å². The molecule has 1 aromatic carbocycles. The largest absolute Gasteiger partial charge is 0.336 e. The van der Waals surface area contributed by atoms with Crippen molar-refractivity contribution >= 4 is 40.4 Å². The van der Waals surface area contributed by atoms with E-state index in [0.717, 1.165) is 19.6 Å². The van der Waals surface area contributed by atoms with E-state index in [1.807, 2.05) is 16.3 Å². The third-order valence-corrected chi connectivity index (χ3v) is 5.69. The molecule has 0 bridgehead atoms. The van der Waals surface area contributed by atoms with Gasteiger partial charge in [-0.2, -0.15) is 0 Å². The van der Waals surface area contributed by atoms with Gasteiger partial charge in [-0.1, -0.05) is 31.5 Å². The Balaban J connectivity index is 1.66. The molecule has 1 fully saturated rings. The lowest BCUT2D eigenvalue weighted by Crippen LogP contribution is -2.49. The molecule has 0 unspecified atom stereocenters. The third kappa shape index (κ3) is 5.09. The average molecular weight is 406 g/mol. The predicted molar refractivity (Wildman–Crippen MR) is 111 cm³/mol. The molecule has 27 heavy (non-hydrogen) atoms. The highest BCUT2D eigenvalue weighted by Gasteiger charge is 2.23. The van der Waals surface area contributed by atoms with Gasteiger partial charge in [0, 0.05) is 38.3 Å². The van der Waals surface area contributed by atoms with E-state index in [4.69, 9.17) is 11.6 Å². The number of piperazine rings is 1. The second-order valence-corrected chi connectivity index (χ2v) is 8.47. The van der Waals surface area contributed by atoms with Crippen molar-refractivity contribution < 1.29 is 9.59 Å². The summed E-state index contributed by atoms with van der Waals surface area (Å²) in [6.45, 7) is 8.67. The summed E-state index contributed by atoms with van der Waals surface area (Å²) in [5.41, 5.74) is 0.998. The predicted octanol–water partition coefficient (Wildman–Crippen LogP) is 4.07. The maximum Gasteiger partial charge on any atom is 0.265 e. The molecule has 0 atom stereocenters. The summed E-state index contributed by atoms with van der Waals surface area (Å²) in [6.07, 6.45) is 0. The fourth-order valence-corrected chi connectivity index (χ4v) is 3.96. The number of hydrogen-bond donors (Lipinski definition) is 1. The molecule has 144 valence electrons. The van der Waals surface area contributed by atoms with Crippen molar-refractivity contribution in [2.24, 2.45) is 5.92 Å². The van der Waals surface area contributed by atoms with E-state index in [2.05, 4.69) is 24.1 Å². The topological polar surface area (TPSA) is 52.6 Å². The Morgan fingerprint density at radius 3 is 2.56 bits per heavy atom. The second kappa shape index (κ2) is 8.87. The summed E-state index contributed by atoms with van der Waals surface area (Å²) in [5.74, 6) is 0.374. The van der Waals surface area contributed by atoms with E-state index in [-0.39, 0.29) is 11.8 Å². The van der Waals surface area contributed by atoms with E-state index in [1.54, 1.807) is 24.3 Å². The van der Waals surface area contributed by atoms with Crippen molar-refractivity contribution in [3.63, 3.8) is 0 Å². The lowest BCUT2D eigenvalue weighted by atomic mass is 10.1. The van der Waals surface area contributed by atoms with Crippen LogP contribution in [0.4, 0.5) is 5.69 Å². The highest BCUT2D eigenvalue weighted by atomic mass is 35.5. The van der Waals surface area contributed by atoms with Crippen LogP contribution in [0.3, 0.4) is 0 Å². The van der Waals surface area contributed by atoms with Gasteiger partial charge in [0.2, 0.25) is 0 Å². The van der Waals surface area contributed by atoms with Crippen LogP contribution in [0.5, 0.6) is 0 Å². The van der Waals surface area contributed by atoms with Gasteiger partial charge in [-0.25, -0.2) is 0 Å². The fraction of sp³-hybridized carbons (Fsp3) is 0.400. The molecule has 1 aliphatic rings. The standard InChI is InChI=1S/C20H24ClN3O2S/c1-14(2)13-23-7-9-24(10-8-23)20(26)15-5-6-16(21)17(12-15)22-19(25)18-4-3-11-27-18/h3-6,11-12,14H,7-10,13H2,1-2H3,(H,22,25).